The van der Waals surface area contributed by atoms with Crippen LogP contribution >= 0.6 is 0 Å². The highest BCUT2D eigenvalue weighted by Gasteiger charge is 2.47. The summed E-state index contributed by atoms with van der Waals surface area (Å²) < 4.78 is 22.5. The van der Waals surface area contributed by atoms with E-state index < -0.39 is 37.7 Å². The van der Waals surface area contributed by atoms with Gasteiger partial charge in [0.25, 0.3) is 5.91 Å². The Balaban J connectivity index is 1.63. The van der Waals surface area contributed by atoms with E-state index in [-0.39, 0.29) is 12.3 Å². The summed E-state index contributed by atoms with van der Waals surface area (Å²) in [6.07, 6.45) is 1.78. The smallest absolute Gasteiger partial charge is 0.264 e. The maximum Gasteiger partial charge on any atom is 0.264 e. The van der Waals surface area contributed by atoms with Gasteiger partial charge in [-0.05, 0) is 57.2 Å². The maximum absolute atomic E-state index is 12.2. The van der Waals surface area contributed by atoms with Gasteiger partial charge < -0.3 is 15.7 Å². The van der Waals surface area contributed by atoms with Gasteiger partial charge in [0.15, 0.2) is 14.6 Å². The van der Waals surface area contributed by atoms with Crippen LogP contribution in [0.1, 0.15) is 57.6 Å². The van der Waals surface area contributed by atoms with Gasteiger partial charge >= 0.3 is 0 Å². The zero-order chi connectivity index (χ0) is 24.7. The molecule has 0 radical (unpaired) electrons. The quantitative estimate of drug-likeness (QED) is 0.272. The molecule has 1 heterocycles. The molecule has 0 spiro atoms. The molecule has 0 bridgehead atoms. The van der Waals surface area contributed by atoms with Crippen molar-refractivity contribution >= 4 is 21.5 Å². The summed E-state index contributed by atoms with van der Waals surface area (Å²) in [7, 11) is -3.82. The van der Waals surface area contributed by atoms with E-state index in [2.05, 4.69) is 17.0 Å². The summed E-state index contributed by atoms with van der Waals surface area (Å²) in [6, 6.07) is 7.36. The van der Waals surface area contributed by atoms with Gasteiger partial charge in [0.1, 0.15) is 6.10 Å². The Morgan fingerprint density at radius 1 is 1.30 bits per heavy atom. The molecule has 1 unspecified atom stereocenters. The molecular weight excluding hydrogens is 446 g/mol. The lowest BCUT2D eigenvalue weighted by Gasteiger charge is -2.46. The SMILES string of the molecule is CC(C)(O)C1CC(N)(C#Cc2ccc(C3=NO[C@@H](CC(C)(C(=O)NO)S(C)(=O)=O)C3)cc2)C1. The lowest BCUT2D eigenvalue weighted by Crippen LogP contribution is -2.56. The van der Waals surface area contributed by atoms with Crippen LogP contribution in [0, 0.1) is 17.8 Å². The fourth-order valence-corrected chi connectivity index (χ4v) is 4.91. The Labute approximate surface area is 194 Å². The van der Waals surface area contributed by atoms with Gasteiger partial charge in [-0.25, -0.2) is 13.9 Å². The lowest BCUT2D eigenvalue weighted by molar-refractivity contribution is -0.132. The van der Waals surface area contributed by atoms with E-state index in [0.29, 0.717) is 25.0 Å². The maximum atomic E-state index is 12.2. The second-order valence-electron chi connectivity index (χ2n) is 9.86. The molecule has 2 aliphatic rings. The Hall–Kier alpha value is -2.45. The van der Waals surface area contributed by atoms with Gasteiger partial charge in [-0.15, -0.1) is 0 Å². The molecule has 1 aromatic rings. The highest BCUT2D eigenvalue weighted by molar-refractivity contribution is 7.92. The number of benzene rings is 1. The number of oxime groups is 1. The number of aliphatic hydroxyl groups is 1. The number of hydrogen-bond acceptors (Lipinski definition) is 8. The molecule has 1 amide bonds. The van der Waals surface area contributed by atoms with Crippen LogP contribution in [0.5, 0.6) is 0 Å². The summed E-state index contributed by atoms with van der Waals surface area (Å²) in [6.45, 7) is 4.82. The summed E-state index contributed by atoms with van der Waals surface area (Å²) in [5.74, 6) is 5.33. The van der Waals surface area contributed by atoms with Crippen molar-refractivity contribution < 1.29 is 28.4 Å². The third-order valence-corrected chi connectivity index (χ3v) is 8.63. The van der Waals surface area contributed by atoms with Gasteiger partial charge in [0.2, 0.25) is 0 Å². The number of carbonyl (C=O) groups is 1. The van der Waals surface area contributed by atoms with Crippen molar-refractivity contribution in [2.45, 2.75) is 68.4 Å². The fraction of sp³-hybridized carbons (Fsp3) is 0.565. The van der Waals surface area contributed by atoms with E-state index in [1.807, 2.05) is 24.3 Å². The summed E-state index contributed by atoms with van der Waals surface area (Å²) in [5.41, 5.74) is 8.58. The van der Waals surface area contributed by atoms with E-state index >= 15 is 0 Å². The first-order valence-corrected chi connectivity index (χ1v) is 12.6. The zero-order valence-electron chi connectivity index (χ0n) is 19.3. The van der Waals surface area contributed by atoms with E-state index in [1.165, 1.54) is 12.4 Å². The number of hydrogen-bond donors (Lipinski definition) is 4. The minimum Gasteiger partial charge on any atom is -0.392 e. The third-order valence-electron chi connectivity index (χ3n) is 6.64. The predicted molar refractivity (Wildman–Crippen MR) is 123 cm³/mol. The van der Waals surface area contributed by atoms with Gasteiger partial charge in [0.05, 0.1) is 16.9 Å². The van der Waals surface area contributed by atoms with Gasteiger partial charge in [-0.3, -0.25) is 10.0 Å². The molecule has 1 aromatic carbocycles. The van der Waals surface area contributed by atoms with Crippen LogP contribution in [0.25, 0.3) is 0 Å². The number of amides is 1. The van der Waals surface area contributed by atoms with Crippen LogP contribution in [0.3, 0.4) is 0 Å². The standard InChI is InChI=1S/C23H31N3O6S/c1-21(2,28)17-12-23(24,13-17)10-9-15-5-7-16(8-6-15)19-11-18(32-26-19)14-22(3,20(27)25-29)33(4,30)31/h5-8,17-18,28-29H,11-14,24H2,1-4H3,(H,25,27)/t17?,18-,22?,23?/m1/s1. The molecule has 9 nitrogen and oxygen atoms in total. The summed E-state index contributed by atoms with van der Waals surface area (Å²) >= 11 is 0. The molecule has 1 saturated carbocycles. The Bertz CT molecular complexity index is 1110. The molecule has 1 aliphatic carbocycles. The molecule has 3 rings (SSSR count). The highest BCUT2D eigenvalue weighted by atomic mass is 32.2. The first-order valence-electron chi connectivity index (χ1n) is 10.7. The molecule has 1 fully saturated rings. The second-order valence-corrected chi connectivity index (χ2v) is 12.3. The second kappa shape index (κ2) is 8.72. The van der Waals surface area contributed by atoms with Crippen molar-refractivity contribution in [3.63, 3.8) is 0 Å². The number of rotatable bonds is 6. The topological polar surface area (TPSA) is 151 Å². The average Bonchev–Trinajstić information content (AvgIpc) is 3.16. The van der Waals surface area contributed by atoms with Gasteiger partial charge in [0, 0.05) is 24.7 Å². The largest absolute Gasteiger partial charge is 0.392 e. The van der Waals surface area contributed by atoms with Crippen LogP contribution in [0.15, 0.2) is 29.4 Å². The van der Waals surface area contributed by atoms with Gasteiger partial charge in [-0.2, -0.15) is 0 Å². The number of nitrogens with one attached hydrogen (secondary N) is 1. The minimum atomic E-state index is -3.82. The average molecular weight is 478 g/mol. The first kappa shape index (κ1) is 25.2. The van der Waals surface area contributed by atoms with E-state index in [0.717, 1.165) is 17.4 Å². The number of hydroxylamine groups is 1. The Morgan fingerprint density at radius 3 is 2.42 bits per heavy atom. The molecule has 33 heavy (non-hydrogen) atoms. The number of nitrogens with two attached hydrogens (primary N) is 1. The van der Waals surface area contributed by atoms with Gasteiger partial charge in [-0.1, -0.05) is 29.1 Å². The van der Waals surface area contributed by atoms with Crippen LogP contribution in [0.2, 0.25) is 0 Å². The number of sulfone groups is 1. The normalized spacial score (nSPS) is 26.7. The fourth-order valence-electron chi connectivity index (χ4n) is 4.04. The monoisotopic (exact) mass is 477 g/mol. The summed E-state index contributed by atoms with van der Waals surface area (Å²) in [4.78, 5) is 17.4. The highest BCUT2D eigenvalue weighted by Crippen LogP contribution is 2.42. The van der Waals surface area contributed by atoms with Crippen molar-refractivity contribution in [1.82, 2.24) is 5.48 Å². The minimum absolute atomic E-state index is 0.139. The van der Waals surface area contributed by atoms with E-state index in [1.54, 1.807) is 13.8 Å². The number of nitrogens with zero attached hydrogens (tertiary/aromatic N) is 1. The molecular formula is C23H31N3O6S. The molecule has 1 aliphatic heterocycles. The van der Waals surface area contributed by atoms with Crippen LogP contribution < -0.4 is 11.2 Å². The molecule has 10 heteroatoms. The molecule has 0 aromatic heterocycles. The van der Waals surface area contributed by atoms with Crippen LogP contribution in [-0.2, 0) is 19.5 Å². The Kier molecular flexibility index (Phi) is 6.65. The predicted octanol–water partition coefficient (Wildman–Crippen LogP) is 1.11. The van der Waals surface area contributed by atoms with Crippen molar-refractivity contribution in [2.24, 2.45) is 16.8 Å². The van der Waals surface area contributed by atoms with Crippen LogP contribution in [0.4, 0.5) is 0 Å². The number of carbonyl (C=O) groups excluding carboxylic acids is 1. The first-order chi connectivity index (χ1) is 15.2. The third kappa shape index (κ3) is 5.38. The van der Waals surface area contributed by atoms with E-state index in [9.17, 15) is 18.3 Å². The zero-order valence-corrected chi connectivity index (χ0v) is 20.1. The van der Waals surface area contributed by atoms with Crippen LogP contribution in [-0.4, -0.2) is 58.6 Å². The molecule has 180 valence electrons. The molecule has 2 atom stereocenters. The summed E-state index contributed by atoms with van der Waals surface area (Å²) in [5, 5.41) is 23.1. The van der Waals surface area contributed by atoms with Crippen molar-refractivity contribution in [3.05, 3.63) is 35.4 Å². The van der Waals surface area contributed by atoms with E-state index in [4.69, 9.17) is 15.8 Å². The molecule has 5 N–H and O–H groups in total. The Morgan fingerprint density at radius 2 is 1.91 bits per heavy atom. The van der Waals surface area contributed by atoms with Crippen molar-refractivity contribution in [3.8, 4) is 11.8 Å². The van der Waals surface area contributed by atoms with Crippen molar-refractivity contribution in [2.75, 3.05) is 6.26 Å². The van der Waals surface area contributed by atoms with Crippen molar-refractivity contribution in [1.29, 1.82) is 0 Å². The lowest BCUT2D eigenvalue weighted by atomic mass is 9.63. The molecule has 0 saturated heterocycles.